The minimum atomic E-state index is 0.425. The van der Waals surface area contributed by atoms with Gasteiger partial charge in [-0.3, -0.25) is 0 Å². The summed E-state index contributed by atoms with van der Waals surface area (Å²) in [6.07, 6.45) is 2.46. The molecule has 1 fully saturated rings. The van der Waals surface area contributed by atoms with Crippen molar-refractivity contribution in [1.82, 2.24) is 10.6 Å². The Morgan fingerprint density at radius 1 is 1.39 bits per heavy atom. The van der Waals surface area contributed by atoms with E-state index in [9.17, 15) is 0 Å². The number of piperidine rings is 1. The second kappa shape index (κ2) is 6.55. The lowest BCUT2D eigenvalue weighted by Gasteiger charge is -2.31. The third-order valence-electron chi connectivity index (χ3n) is 3.70. The number of halogens is 1. The second-order valence-electron chi connectivity index (χ2n) is 4.75. The lowest BCUT2D eigenvalue weighted by molar-refractivity contribution is 0.293. The molecule has 100 valence electrons. The highest BCUT2D eigenvalue weighted by Gasteiger charge is 2.24. The Morgan fingerprint density at radius 3 is 2.67 bits per heavy atom. The molecule has 3 nitrogen and oxygen atoms in total. The molecule has 1 heterocycles. The van der Waals surface area contributed by atoms with Crippen LogP contribution in [0.25, 0.3) is 0 Å². The van der Waals surface area contributed by atoms with Crippen LogP contribution in [-0.4, -0.2) is 27.2 Å². The van der Waals surface area contributed by atoms with E-state index in [1.165, 1.54) is 18.4 Å². The van der Waals surface area contributed by atoms with Gasteiger partial charge in [0.1, 0.15) is 5.75 Å². The molecule has 0 radical (unpaired) electrons. The Labute approximate surface area is 117 Å². The zero-order valence-electron chi connectivity index (χ0n) is 11.0. The molecule has 0 amide bonds. The van der Waals surface area contributed by atoms with Gasteiger partial charge in [0.15, 0.2) is 0 Å². The Hall–Kier alpha value is -0.580. The van der Waals surface area contributed by atoms with E-state index in [4.69, 9.17) is 4.74 Å². The van der Waals surface area contributed by atoms with Gasteiger partial charge >= 0.3 is 0 Å². The molecule has 2 N–H and O–H groups in total. The van der Waals surface area contributed by atoms with Crippen LogP contribution in [0, 0.1) is 5.92 Å². The van der Waals surface area contributed by atoms with Crippen LogP contribution in [0.1, 0.15) is 24.4 Å². The van der Waals surface area contributed by atoms with Crippen LogP contribution in [0.4, 0.5) is 0 Å². The zero-order chi connectivity index (χ0) is 13.0. The monoisotopic (exact) mass is 312 g/mol. The lowest BCUT2D eigenvalue weighted by Crippen LogP contribution is -2.35. The SMILES string of the molecule is CNC(c1ccc(OC)c(Br)c1)C1CCNCC1. The van der Waals surface area contributed by atoms with E-state index in [1.54, 1.807) is 7.11 Å². The Bertz CT molecular complexity index is 391. The molecule has 0 spiro atoms. The van der Waals surface area contributed by atoms with Gasteiger partial charge in [0.25, 0.3) is 0 Å². The van der Waals surface area contributed by atoms with Crippen LogP contribution >= 0.6 is 15.9 Å². The van der Waals surface area contributed by atoms with Gasteiger partial charge < -0.3 is 15.4 Å². The summed E-state index contributed by atoms with van der Waals surface area (Å²) in [6, 6.07) is 6.79. The molecular formula is C14H21BrN2O. The predicted octanol–water partition coefficient (Wildman–Crippen LogP) is 2.72. The van der Waals surface area contributed by atoms with E-state index >= 15 is 0 Å². The van der Waals surface area contributed by atoms with Gasteiger partial charge in [0.05, 0.1) is 11.6 Å². The van der Waals surface area contributed by atoms with Crippen LogP contribution in [0.5, 0.6) is 5.75 Å². The van der Waals surface area contributed by atoms with Crippen molar-refractivity contribution in [2.45, 2.75) is 18.9 Å². The summed E-state index contributed by atoms with van der Waals surface area (Å²) in [6.45, 7) is 2.25. The molecule has 1 aromatic carbocycles. The van der Waals surface area contributed by atoms with Crippen LogP contribution in [0.2, 0.25) is 0 Å². The van der Waals surface area contributed by atoms with Crippen LogP contribution < -0.4 is 15.4 Å². The number of ether oxygens (including phenoxy) is 1. The first-order valence-corrected chi connectivity index (χ1v) is 7.27. The maximum atomic E-state index is 5.28. The van der Waals surface area contributed by atoms with Crippen molar-refractivity contribution in [2.75, 3.05) is 27.2 Å². The summed E-state index contributed by atoms with van der Waals surface area (Å²) < 4.78 is 6.31. The third-order valence-corrected chi connectivity index (χ3v) is 4.32. The minimum Gasteiger partial charge on any atom is -0.496 e. The fourth-order valence-corrected chi connectivity index (χ4v) is 3.29. The van der Waals surface area contributed by atoms with Gasteiger partial charge in [-0.25, -0.2) is 0 Å². The number of hydrogen-bond acceptors (Lipinski definition) is 3. The van der Waals surface area contributed by atoms with E-state index in [1.807, 2.05) is 13.1 Å². The largest absolute Gasteiger partial charge is 0.496 e. The number of nitrogens with one attached hydrogen (secondary N) is 2. The second-order valence-corrected chi connectivity index (χ2v) is 5.60. The van der Waals surface area contributed by atoms with Crippen LogP contribution in [0.3, 0.4) is 0 Å². The van der Waals surface area contributed by atoms with Gasteiger partial charge in [-0.05, 0) is 72.5 Å². The molecule has 2 rings (SSSR count). The standard InChI is InChI=1S/C14H21BrN2O/c1-16-14(10-5-7-17-8-6-10)11-3-4-13(18-2)12(15)9-11/h3-4,9-10,14,16-17H,5-8H2,1-2H3. The first-order valence-electron chi connectivity index (χ1n) is 6.47. The van der Waals surface area contributed by atoms with Gasteiger partial charge in [0.2, 0.25) is 0 Å². The van der Waals surface area contributed by atoms with Crippen molar-refractivity contribution >= 4 is 15.9 Å². The maximum Gasteiger partial charge on any atom is 0.133 e. The highest BCUT2D eigenvalue weighted by atomic mass is 79.9. The average Bonchev–Trinajstić information content (AvgIpc) is 2.41. The first kappa shape index (κ1) is 13.8. The predicted molar refractivity (Wildman–Crippen MR) is 78.1 cm³/mol. The van der Waals surface area contributed by atoms with Gasteiger partial charge in [0, 0.05) is 6.04 Å². The summed E-state index contributed by atoms with van der Waals surface area (Å²) in [5.41, 5.74) is 1.33. The third kappa shape index (κ3) is 3.05. The van der Waals surface area contributed by atoms with Crippen LogP contribution in [0.15, 0.2) is 22.7 Å². The molecule has 0 saturated carbocycles. The van der Waals surface area contributed by atoms with Crippen molar-refractivity contribution in [3.63, 3.8) is 0 Å². The molecule has 1 saturated heterocycles. The Balaban J connectivity index is 2.18. The Kier molecular flexibility index (Phi) is 5.03. The number of rotatable bonds is 4. The van der Waals surface area contributed by atoms with E-state index < -0.39 is 0 Å². The molecule has 1 atom stereocenters. The van der Waals surface area contributed by atoms with Crippen LogP contribution in [-0.2, 0) is 0 Å². The van der Waals surface area contributed by atoms with Gasteiger partial charge in [-0.15, -0.1) is 0 Å². The maximum absolute atomic E-state index is 5.28. The van der Waals surface area contributed by atoms with Gasteiger partial charge in [-0.2, -0.15) is 0 Å². The number of benzene rings is 1. The smallest absolute Gasteiger partial charge is 0.133 e. The summed E-state index contributed by atoms with van der Waals surface area (Å²) in [4.78, 5) is 0. The topological polar surface area (TPSA) is 33.3 Å². The summed E-state index contributed by atoms with van der Waals surface area (Å²) in [7, 11) is 3.74. The van der Waals surface area contributed by atoms with Gasteiger partial charge in [-0.1, -0.05) is 6.07 Å². The molecule has 1 unspecified atom stereocenters. The highest BCUT2D eigenvalue weighted by Crippen LogP contribution is 2.33. The fourth-order valence-electron chi connectivity index (χ4n) is 2.73. The minimum absolute atomic E-state index is 0.425. The molecule has 1 aliphatic rings. The van der Waals surface area contributed by atoms with E-state index in [0.29, 0.717) is 12.0 Å². The van der Waals surface area contributed by atoms with E-state index in [2.05, 4.69) is 38.7 Å². The normalized spacial score (nSPS) is 18.6. The summed E-state index contributed by atoms with van der Waals surface area (Å²) in [5, 5.41) is 6.88. The highest BCUT2D eigenvalue weighted by molar-refractivity contribution is 9.10. The fraction of sp³-hybridized carbons (Fsp3) is 0.571. The van der Waals surface area contributed by atoms with Crippen molar-refractivity contribution in [2.24, 2.45) is 5.92 Å². The van der Waals surface area contributed by atoms with Crippen molar-refractivity contribution in [3.8, 4) is 5.75 Å². The molecule has 0 bridgehead atoms. The number of hydrogen-bond donors (Lipinski definition) is 2. The molecule has 4 heteroatoms. The molecule has 1 aliphatic heterocycles. The lowest BCUT2D eigenvalue weighted by atomic mass is 9.86. The molecule has 18 heavy (non-hydrogen) atoms. The van der Waals surface area contributed by atoms with Crippen molar-refractivity contribution in [1.29, 1.82) is 0 Å². The summed E-state index contributed by atoms with van der Waals surface area (Å²) >= 11 is 3.56. The van der Waals surface area contributed by atoms with Crippen molar-refractivity contribution < 1.29 is 4.74 Å². The average molecular weight is 313 g/mol. The van der Waals surface area contributed by atoms with E-state index in [0.717, 1.165) is 23.3 Å². The quantitative estimate of drug-likeness (QED) is 0.897. The van der Waals surface area contributed by atoms with E-state index in [-0.39, 0.29) is 0 Å². The zero-order valence-corrected chi connectivity index (χ0v) is 12.6. The molecular weight excluding hydrogens is 292 g/mol. The number of methoxy groups -OCH3 is 1. The summed E-state index contributed by atoms with van der Waals surface area (Å²) in [5.74, 6) is 1.59. The van der Waals surface area contributed by atoms with Crippen molar-refractivity contribution in [3.05, 3.63) is 28.2 Å². The molecule has 1 aromatic rings. The molecule has 0 aliphatic carbocycles. The first-order chi connectivity index (χ1) is 8.76. The molecule has 0 aromatic heterocycles. The Morgan fingerprint density at radius 2 is 2.11 bits per heavy atom.